The molecule has 6 heteroatoms. The molecule has 0 atom stereocenters. The van der Waals surface area contributed by atoms with E-state index in [9.17, 15) is 0 Å². The maximum Gasteiger partial charge on any atom is 2.00 e. The molecule has 0 aliphatic carbocycles. The van der Waals surface area contributed by atoms with Crippen molar-refractivity contribution in [2.45, 2.75) is 0 Å². The molecule has 6 heavy (non-hydrogen) atoms. The Hall–Kier alpha value is 4.18. The van der Waals surface area contributed by atoms with Crippen LogP contribution < -0.4 is 0 Å². The molecule has 0 heterocycles. The van der Waals surface area contributed by atoms with Gasteiger partial charge in [0, 0.05) is 63.5 Å². The van der Waals surface area contributed by atoms with E-state index in [4.69, 9.17) is 0 Å². The topological polar surface area (TPSA) is 0 Å². The van der Waals surface area contributed by atoms with Gasteiger partial charge in [0.1, 0.15) is 17.4 Å². The van der Waals surface area contributed by atoms with E-state index >= 15 is 0 Å². The van der Waals surface area contributed by atoms with Crippen LogP contribution >= 0.6 is 0 Å². The van der Waals surface area contributed by atoms with Gasteiger partial charge in [0.15, 0.2) is 17.4 Å². The van der Waals surface area contributed by atoms with Gasteiger partial charge in [-0.25, -0.2) is 0 Å². The molecule has 0 amide bonds. The quantitative estimate of drug-likeness (QED) is 0.387. The Morgan fingerprint density at radius 1 is 1.17 bits per heavy atom. The summed E-state index contributed by atoms with van der Waals surface area (Å²) in [6.45, 7) is 0. The Bertz CT molecular complexity index is 20.0. The first kappa shape index (κ1) is 49.1. The summed E-state index contributed by atoms with van der Waals surface area (Å²) < 4.78 is 0. The molecule has 0 aliphatic rings. The van der Waals surface area contributed by atoms with E-state index in [0.29, 0.717) is 0 Å². The number of hydrogen-bond acceptors (Lipinski definition) is 0. The van der Waals surface area contributed by atoms with Crippen LogP contribution in [0.5, 0.6) is 0 Å². The molecule has 0 fully saturated rings. The smallest absolute Gasteiger partial charge is 1.00 e. The summed E-state index contributed by atoms with van der Waals surface area (Å²) in [6, 6.07) is 0. The predicted octanol–water partition coefficient (Wildman–Crippen LogP) is -3.44. The van der Waals surface area contributed by atoms with Crippen LogP contribution in [-0.4, -0.2) is 68.7 Å². The van der Waals surface area contributed by atoms with Gasteiger partial charge in [-0.2, -0.15) is 0 Å². The maximum atomic E-state index is 0. The third-order valence-corrected chi connectivity index (χ3v) is 0. The van der Waals surface area contributed by atoms with E-state index in [1.54, 1.807) is 0 Å². The van der Waals surface area contributed by atoms with Crippen molar-refractivity contribution in [2.24, 2.45) is 0 Å². The minimum Gasteiger partial charge on any atom is -1.00 e. The zero-order valence-electron chi connectivity index (χ0n) is 5.50. The van der Waals surface area contributed by atoms with Gasteiger partial charge in [0.25, 0.3) is 0 Å². The number of hydrogen-bond donors (Lipinski definition) is 0. The van der Waals surface area contributed by atoms with Gasteiger partial charge >= 0.3 is 23.1 Å². The van der Waals surface area contributed by atoms with Gasteiger partial charge < -0.3 is 2.85 Å². The van der Waals surface area contributed by atoms with Crippen LogP contribution in [0.4, 0.5) is 0 Å². The summed E-state index contributed by atoms with van der Waals surface area (Å²) in [7, 11) is 0. The first-order valence-electron chi connectivity index (χ1n) is 0. The summed E-state index contributed by atoms with van der Waals surface area (Å²) in [4.78, 5) is 0. The van der Waals surface area contributed by atoms with Gasteiger partial charge in [-0.05, 0) is 11.0 Å². The molecule has 0 spiro atoms. The van der Waals surface area contributed by atoms with Crippen molar-refractivity contribution in [1.29, 1.82) is 0 Å². The molecule has 0 saturated heterocycles. The zero-order chi connectivity index (χ0) is 0. The third kappa shape index (κ3) is 24.1. The monoisotopic (exact) mass is 372 g/mol. The second-order valence-corrected chi connectivity index (χ2v) is 0. The second kappa shape index (κ2) is 35.2. The predicted molar refractivity (Wildman–Crippen MR) is 36.4 cm³/mol. The van der Waals surface area contributed by atoms with Gasteiger partial charge in [-0.15, -0.1) is 0 Å². The van der Waals surface area contributed by atoms with Crippen molar-refractivity contribution in [3.05, 3.63) is 0 Å². The molecule has 0 rings (SSSR count). The molecule has 0 aliphatic heterocycles. The molecule has 0 aromatic rings. The van der Waals surface area contributed by atoms with Crippen LogP contribution in [0.3, 0.4) is 0 Å². The zero-order valence-corrected chi connectivity index (χ0v) is 13.2. The van der Waals surface area contributed by atoms with Crippen molar-refractivity contribution in [3.8, 4) is 0 Å². The Morgan fingerprint density at radius 3 is 1.17 bits per heavy atom. The van der Waals surface area contributed by atoms with Crippen LogP contribution in [0, 0.1) is 37.3 Å². The van der Waals surface area contributed by atoms with Crippen molar-refractivity contribution >= 4 is 68.7 Å². The van der Waals surface area contributed by atoms with E-state index < -0.39 is 0 Å². The summed E-state index contributed by atoms with van der Waals surface area (Å²) in [5.41, 5.74) is 0. The average Bonchev–Trinajstić information content (AvgIpc) is 0. The Labute approximate surface area is 132 Å². The summed E-state index contributed by atoms with van der Waals surface area (Å²) in [5.74, 6) is 0. The fraction of sp³-hybridized carbons (Fsp3) is 0. The molecule has 0 bridgehead atoms. The maximum absolute atomic E-state index is 0. The molecule has 0 N–H and O–H groups in total. The Kier molecular flexibility index (Phi) is 288. The van der Waals surface area contributed by atoms with E-state index in [-0.39, 0.29) is 135 Å². The van der Waals surface area contributed by atoms with Crippen LogP contribution in [0.25, 0.3) is 0 Å². The van der Waals surface area contributed by atoms with Gasteiger partial charge in [0.05, 0.1) is 0 Å². The molecular weight excluding hydrogens is 365 g/mol. The SMILES string of the molecule is [AlH2].[AlH3].[Er].[H-].[H-].[Mg+2].[SiH3].[Zr]. The Morgan fingerprint density at radius 2 is 1.17 bits per heavy atom. The largest absolute Gasteiger partial charge is 2.00 e. The van der Waals surface area contributed by atoms with E-state index in [0.717, 1.165) is 0 Å². The fourth-order valence-corrected chi connectivity index (χ4v) is 0. The third-order valence-electron chi connectivity index (χ3n) is 0. The molecular formula is H10Al2ErMgSiZr. The minimum atomic E-state index is 0. The van der Waals surface area contributed by atoms with Crippen molar-refractivity contribution in [3.63, 3.8) is 0 Å². The molecule has 0 saturated carbocycles. The minimum absolute atomic E-state index is 0. The van der Waals surface area contributed by atoms with Crippen molar-refractivity contribution < 1.29 is 66.4 Å². The molecule has 0 nitrogen and oxygen atoms in total. The normalized spacial score (nSPS) is 0. The molecule has 0 aromatic carbocycles. The van der Waals surface area contributed by atoms with E-state index in [1.807, 2.05) is 0 Å². The molecule has 0 unspecified atom stereocenters. The van der Waals surface area contributed by atoms with Gasteiger partial charge in [-0.3, -0.25) is 0 Å². The van der Waals surface area contributed by atoms with Crippen LogP contribution in [0.2, 0.25) is 0 Å². The molecule has 38 valence electrons. The van der Waals surface area contributed by atoms with Crippen LogP contribution in [0.15, 0.2) is 0 Å². The summed E-state index contributed by atoms with van der Waals surface area (Å²) in [5, 5.41) is 0. The van der Waals surface area contributed by atoms with Crippen LogP contribution in [0.1, 0.15) is 2.85 Å². The molecule has 0 aromatic heterocycles. The second-order valence-electron chi connectivity index (χ2n) is 0. The fourth-order valence-electron chi connectivity index (χ4n) is 0. The average molecular weight is 375 g/mol. The number of rotatable bonds is 0. The van der Waals surface area contributed by atoms with Crippen molar-refractivity contribution in [2.75, 3.05) is 0 Å². The van der Waals surface area contributed by atoms with E-state index in [1.165, 1.54) is 0 Å². The van der Waals surface area contributed by atoms with Gasteiger partial charge in [-0.1, -0.05) is 0 Å². The Balaban J connectivity index is 0. The van der Waals surface area contributed by atoms with Crippen LogP contribution in [-0.2, 0) is 26.2 Å². The van der Waals surface area contributed by atoms with Gasteiger partial charge in [0.2, 0.25) is 0 Å². The van der Waals surface area contributed by atoms with Crippen molar-refractivity contribution in [1.82, 2.24) is 0 Å². The summed E-state index contributed by atoms with van der Waals surface area (Å²) >= 11 is 0. The first-order valence-corrected chi connectivity index (χ1v) is 0. The summed E-state index contributed by atoms with van der Waals surface area (Å²) in [6.07, 6.45) is 0. The first-order chi connectivity index (χ1) is 0. The van der Waals surface area contributed by atoms with E-state index in [2.05, 4.69) is 0 Å². The molecule has 2 radical (unpaired) electrons. The standard InChI is InChI=1S/2Al.Er.Mg.H3Si.Zr.7H/h;;;;1H3;;;;;;;;/q;;;+2;;;;;;;;2*-1.